The molecule has 2 N–H and O–H groups in total. The number of benzene rings is 2. The average molecular weight is 427 g/mol. The highest BCUT2D eigenvalue weighted by molar-refractivity contribution is 7.14. The van der Waals surface area contributed by atoms with Crippen LogP contribution in [0.5, 0.6) is 0 Å². The number of amides is 2. The van der Waals surface area contributed by atoms with Crippen molar-refractivity contribution in [2.45, 2.75) is 13.0 Å². The fraction of sp³-hybridized carbons (Fsp3) is 0.143. The molecule has 0 spiro atoms. The lowest BCUT2D eigenvalue weighted by atomic mass is 10.2. The number of halogens is 1. The Morgan fingerprint density at radius 1 is 1.10 bits per heavy atom. The van der Waals surface area contributed by atoms with Crippen molar-refractivity contribution in [3.63, 3.8) is 0 Å². The van der Waals surface area contributed by atoms with Crippen LogP contribution in [0, 0.1) is 5.82 Å². The largest absolute Gasteiger partial charge is 0.451 e. The Bertz CT molecular complexity index is 1060. The number of aromatic nitrogens is 1. The van der Waals surface area contributed by atoms with Crippen LogP contribution in [-0.4, -0.2) is 35.4 Å². The van der Waals surface area contributed by atoms with E-state index in [9.17, 15) is 18.8 Å². The Balaban J connectivity index is 1.48. The van der Waals surface area contributed by atoms with E-state index in [0.29, 0.717) is 5.13 Å². The van der Waals surface area contributed by atoms with Crippen LogP contribution in [-0.2, 0) is 14.3 Å². The Kier molecular flexibility index (Phi) is 6.87. The number of anilines is 1. The van der Waals surface area contributed by atoms with Crippen LogP contribution in [0.15, 0.2) is 60.0 Å². The van der Waals surface area contributed by atoms with E-state index in [0.717, 1.165) is 17.3 Å². The summed E-state index contributed by atoms with van der Waals surface area (Å²) in [5, 5.41) is 7.02. The van der Waals surface area contributed by atoms with Crippen molar-refractivity contribution in [2.75, 3.05) is 11.9 Å². The second-order valence-electron chi connectivity index (χ2n) is 6.19. The summed E-state index contributed by atoms with van der Waals surface area (Å²) in [5.41, 5.74) is 1.45. The van der Waals surface area contributed by atoms with E-state index in [-0.39, 0.29) is 5.56 Å². The molecule has 3 rings (SSSR count). The fourth-order valence-electron chi connectivity index (χ4n) is 2.47. The summed E-state index contributed by atoms with van der Waals surface area (Å²) in [7, 11) is 0. The van der Waals surface area contributed by atoms with E-state index in [1.165, 1.54) is 36.5 Å². The Morgan fingerprint density at radius 2 is 1.80 bits per heavy atom. The maximum Gasteiger partial charge on any atom is 0.326 e. The minimum atomic E-state index is -1.10. The van der Waals surface area contributed by atoms with Crippen molar-refractivity contribution in [3.05, 3.63) is 71.4 Å². The summed E-state index contributed by atoms with van der Waals surface area (Å²) in [5.74, 6) is -2.84. The minimum Gasteiger partial charge on any atom is -0.451 e. The number of carbonyl (C=O) groups is 3. The fourth-order valence-corrected chi connectivity index (χ4v) is 3.19. The number of nitrogens with zero attached hydrogens (tertiary/aromatic N) is 1. The first-order valence-corrected chi connectivity index (χ1v) is 9.86. The molecule has 0 fully saturated rings. The molecule has 0 bridgehead atoms. The van der Waals surface area contributed by atoms with E-state index in [4.69, 9.17) is 4.74 Å². The van der Waals surface area contributed by atoms with Crippen molar-refractivity contribution in [1.82, 2.24) is 10.3 Å². The van der Waals surface area contributed by atoms with Gasteiger partial charge in [0.05, 0.1) is 11.3 Å². The van der Waals surface area contributed by atoms with Gasteiger partial charge in [0.2, 0.25) is 0 Å². The maximum atomic E-state index is 13.6. The SMILES string of the molecule is C[C@H](OC(=O)CNC(=O)c1ccccc1F)C(=O)Nc1nc(-c2ccccc2)cs1. The molecule has 0 aliphatic rings. The third-order valence-electron chi connectivity index (χ3n) is 3.99. The lowest BCUT2D eigenvalue weighted by Gasteiger charge is -2.13. The Morgan fingerprint density at radius 3 is 2.53 bits per heavy atom. The highest BCUT2D eigenvalue weighted by atomic mass is 32.1. The van der Waals surface area contributed by atoms with Gasteiger partial charge in [-0.3, -0.25) is 19.7 Å². The maximum absolute atomic E-state index is 13.6. The third kappa shape index (κ3) is 5.48. The van der Waals surface area contributed by atoms with Gasteiger partial charge in [0.15, 0.2) is 11.2 Å². The molecule has 7 nitrogen and oxygen atoms in total. The average Bonchev–Trinajstić information content (AvgIpc) is 3.21. The van der Waals surface area contributed by atoms with Crippen molar-refractivity contribution in [2.24, 2.45) is 0 Å². The molecule has 1 heterocycles. The van der Waals surface area contributed by atoms with Crippen LogP contribution in [0.2, 0.25) is 0 Å². The number of esters is 1. The van der Waals surface area contributed by atoms with Crippen molar-refractivity contribution in [3.8, 4) is 11.3 Å². The molecule has 0 unspecified atom stereocenters. The molecule has 2 aromatic carbocycles. The Hall–Kier alpha value is -3.59. The molecule has 0 aliphatic carbocycles. The monoisotopic (exact) mass is 427 g/mol. The molecule has 0 aliphatic heterocycles. The van der Waals surface area contributed by atoms with Crippen LogP contribution >= 0.6 is 11.3 Å². The van der Waals surface area contributed by atoms with Gasteiger partial charge in [-0.15, -0.1) is 11.3 Å². The molecule has 3 aromatic rings. The van der Waals surface area contributed by atoms with Gasteiger partial charge in [-0.2, -0.15) is 0 Å². The van der Waals surface area contributed by atoms with Crippen molar-refractivity contribution >= 4 is 34.3 Å². The zero-order valence-electron chi connectivity index (χ0n) is 15.9. The summed E-state index contributed by atoms with van der Waals surface area (Å²) in [6.07, 6.45) is -1.10. The molecular weight excluding hydrogens is 409 g/mol. The lowest BCUT2D eigenvalue weighted by Crippen LogP contribution is -2.36. The van der Waals surface area contributed by atoms with Crippen LogP contribution in [0.1, 0.15) is 17.3 Å². The van der Waals surface area contributed by atoms with E-state index in [1.54, 1.807) is 5.38 Å². The van der Waals surface area contributed by atoms with Crippen LogP contribution in [0.3, 0.4) is 0 Å². The van der Waals surface area contributed by atoms with E-state index >= 15 is 0 Å². The molecule has 0 radical (unpaired) electrons. The van der Waals surface area contributed by atoms with Gasteiger partial charge in [0.25, 0.3) is 11.8 Å². The third-order valence-corrected chi connectivity index (χ3v) is 4.75. The molecule has 154 valence electrons. The van der Waals surface area contributed by atoms with Gasteiger partial charge in [-0.05, 0) is 19.1 Å². The van der Waals surface area contributed by atoms with Gasteiger partial charge in [0.1, 0.15) is 12.4 Å². The summed E-state index contributed by atoms with van der Waals surface area (Å²) in [4.78, 5) is 40.4. The molecule has 0 saturated heterocycles. The molecule has 1 aromatic heterocycles. The number of hydrogen-bond donors (Lipinski definition) is 2. The van der Waals surface area contributed by atoms with Gasteiger partial charge < -0.3 is 10.1 Å². The minimum absolute atomic E-state index is 0.186. The summed E-state index contributed by atoms with van der Waals surface area (Å²) < 4.78 is 18.6. The predicted molar refractivity (Wildman–Crippen MR) is 110 cm³/mol. The van der Waals surface area contributed by atoms with Crippen LogP contribution < -0.4 is 10.6 Å². The zero-order valence-corrected chi connectivity index (χ0v) is 16.7. The number of rotatable bonds is 7. The standard InChI is InChI=1S/C21H18FN3O4S/c1-13(29-18(26)11-23-20(28)15-9-5-6-10-16(15)22)19(27)25-21-24-17(12-30-21)14-7-3-2-4-8-14/h2-10,12-13H,11H2,1H3,(H,23,28)(H,24,25,27)/t13-/m0/s1. The summed E-state index contributed by atoms with van der Waals surface area (Å²) in [6, 6.07) is 14.9. The van der Waals surface area contributed by atoms with E-state index in [1.807, 2.05) is 30.3 Å². The van der Waals surface area contributed by atoms with Gasteiger partial charge in [0, 0.05) is 10.9 Å². The number of carbonyl (C=O) groups excluding carboxylic acids is 3. The Labute approximate surface area is 175 Å². The first-order chi connectivity index (χ1) is 14.4. The lowest BCUT2D eigenvalue weighted by molar-refractivity contribution is -0.152. The molecule has 1 atom stereocenters. The molecule has 9 heteroatoms. The normalized spacial score (nSPS) is 11.4. The van der Waals surface area contributed by atoms with Crippen molar-refractivity contribution < 1.29 is 23.5 Å². The summed E-state index contributed by atoms with van der Waals surface area (Å²) in [6.45, 7) is 0.901. The van der Waals surface area contributed by atoms with E-state index < -0.39 is 36.2 Å². The topological polar surface area (TPSA) is 97.4 Å². The van der Waals surface area contributed by atoms with Crippen LogP contribution in [0.4, 0.5) is 9.52 Å². The second kappa shape index (κ2) is 9.75. The second-order valence-corrected chi connectivity index (χ2v) is 7.05. The van der Waals surface area contributed by atoms with Gasteiger partial charge >= 0.3 is 5.97 Å². The number of hydrogen-bond acceptors (Lipinski definition) is 6. The highest BCUT2D eigenvalue weighted by Crippen LogP contribution is 2.24. The number of ether oxygens (including phenoxy) is 1. The molecule has 2 amide bonds. The van der Waals surface area contributed by atoms with Crippen LogP contribution in [0.25, 0.3) is 11.3 Å². The first kappa shape index (κ1) is 21.1. The smallest absolute Gasteiger partial charge is 0.326 e. The van der Waals surface area contributed by atoms with E-state index in [2.05, 4.69) is 15.6 Å². The zero-order chi connectivity index (χ0) is 21.5. The van der Waals surface area contributed by atoms with Gasteiger partial charge in [-0.25, -0.2) is 9.37 Å². The molecule has 0 saturated carbocycles. The number of thiazole rings is 1. The summed E-state index contributed by atoms with van der Waals surface area (Å²) >= 11 is 1.25. The first-order valence-electron chi connectivity index (χ1n) is 8.98. The predicted octanol–water partition coefficient (Wildman–Crippen LogP) is 3.25. The highest BCUT2D eigenvalue weighted by Gasteiger charge is 2.20. The van der Waals surface area contributed by atoms with Gasteiger partial charge in [-0.1, -0.05) is 42.5 Å². The molecule has 30 heavy (non-hydrogen) atoms. The molecular formula is C21H18FN3O4S. The van der Waals surface area contributed by atoms with Crippen molar-refractivity contribution in [1.29, 1.82) is 0 Å². The quantitative estimate of drug-likeness (QED) is 0.564. The number of nitrogens with one attached hydrogen (secondary N) is 2.